The van der Waals surface area contributed by atoms with Crippen LogP contribution in [0.3, 0.4) is 0 Å². The first kappa shape index (κ1) is 31.7. The van der Waals surface area contributed by atoms with Gasteiger partial charge in [0, 0.05) is 6.07 Å². The number of aromatic nitrogens is 3. The fraction of sp³-hybridized carbons (Fsp3) is 0.524. The van der Waals surface area contributed by atoms with Gasteiger partial charge < -0.3 is 55.6 Å². The van der Waals surface area contributed by atoms with E-state index in [2.05, 4.69) is 19.6 Å². The van der Waals surface area contributed by atoms with Gasteiger partial charge in [0.15, 0.2) is 30.5 Å². The summed E-state index contributed by atoms with van der Waals surface area (Å²) in [5, 5.41) is 44.6. The number of phosphoric acid groups is 2. The highest BCUT2D eigenvalue weighted by molar-refractivity contribution is 7.61. The lowest BCUT2D eigenvalue weighted by atomic mass is 10.1. The molecule has 0 aliphatic carbocycles. The largest absolute Gasteiger partial charge is 0.481 e. The molecular weight excluding hydrogens is 622 g/mol. The van der Waals surface area contributed by atoms with E-state index in [1.165, 1.54) is 46.5 Å². The van der Waals surface area contributed by atoms with E-state index >= 15 is 0 Å². The molecule has 0 saturated carbocycles. The third-order valence-corrected chi connectivity index (χ3v) is 9.40. The number of ether oxygens (including phenoxy) is 2. The average molecular weight is 651 g/mol. The number of phosphoric ester groups is 2. The van der Waals surface area contributed by atoms with Crippen molar-refractivity contribution in [2.75, 3.05) is 30.1 Å². The number of anilines is 2. The average Bonchev–Trinajstić information content (AvgIpc) is 3.60. The summed E-state index contributed by atoms with van der Waals surface area (Å²) in [5.74, 6) is -0.374. The second-order valence-electron chi connectivity index (χ2n) is 9.67. The van der Waals surface area contributed by atoms with Crippen LogP contribution in [0, 0.1) is 0 Å². The molecule has 2 saturated heterocycles. The van der Waals surface area contributed by atoms with Gasteiger partial charge >= 0.3 is 15.6 Å². The highest BCUT2D eigenvalue weighted by Crippen LogP contribution is 2.60. The Morgan fingerprint density at radius 3 is 2.40 bits per heavy atom. The summed E-state index contributed by atoms with van der Waals surface area (Å²) in [4.78, 5) is 40.9. The number of amides is 1. The van der Waals surface area contributed by atoms with Gasteiger partial charge in [-0.3, -0.25) is 13.8 Å². The summed E-state index contributed by atoms with van der Waals surface area (Å²) in [7, 11) is -10.7. The number of nitrogens with two attached hydrogens (primary N) is 1. The highest BCUT2D eigenvalue weighted by Gasteiger charge is 2.51. The Morgan fingerprint density at radius 2 is 1.72 bits per heavy atom. The topological polar surface area (TPSA) is 290 Å². The molecule has 236 valence electrons. The molecule has 0 bridgehead atoms. The van der Waals surface area contributed by atoms with E-state index in [1.807, 2.05) is 0 Å². The van der Waals surface area contributed by atoms with Crippen molar-refractivity contribution in [3.05, 3.63) is 42.6 Å². The Bertz CT molecular complexity index is 1440. The van der Waals surface area contributed by atoms with E-state index in [4.69, 9.17) is 24.3 Å². The summed E-state index contributed by atoms with van der Waals surface area (Å²) < 4.78 is 50.9. The van der Waals surface area contributed by atoms with Crippen LogP contribution in [0.1, 0.15) is 16.6 Å². The van der Waals surface area contributed by atoms with E-state index < -0.39 is 83.8 Å². The van der Waals surface area contributed by atoms with Crippen molar-refractivity contribution in [2.24, 2.45) is 5.73 Å². The molecule has 5 heterocycles. The van der Waals surface area contributed by atoms with Crippen molar-refractivity contribution in [2.45, 2.75) is 49.1 Å². The van der Waals surface area contributed by atoms with Crippen molar-refractivity contribution >= 4 is 33.1 Å². The fourth-order valence-electron chi connectivity index (χ4n) is 4.68. The second kappa shape index (κ2) is 12.4. The first-order valence-electron chi connectivity index (χ1n) is 12.6. The van der Waals surface area contributed by atoms with Gasteiger partial charge in [-0.15, -0.1) is 0 Å². The van der Waals surface area contributed by atoms with E-state index in [1.54, 1.807) is 0 Å². The number of fused-ring (bicyclic) bond motifs is 1. The molecule has 9 N–H and O–H groups in total. The minimum atomic E-state index is -5.34. The van der Waals surface area contributed by atoms with Crippen molar-refractivity contribution in [1.29, 1.82) is 0 Å². The number of hydrogen-bond donors (Lipinski definition) is 8. The molecular formula is C21H29N6O14P2+. The number of hydrogen-bond acceptors (Lipinski definition) is 16. The second-order valence-corrected chi connectivity index (χ2v) is 12.7. The Balaban J connectivity index is 1.13. The van der Waals surface area contributed by atoms with E-state index in [9.17, 15) is 44.1 Å². The number of primary amides is 1. The molecule has 20 nitrogen and oxygen atoms in total. The number of nitrogens with zero attached hydrogens (tertiary/aromatic N) is 4. The predicted molar refractivity (Wildman–Crippen MR) is 137 cm³/mol. The van der Waals surface area contributed by atoms with Crippen LogP contribution in [-0.4, -0.2) is 109 Å². The third-order valence-electron chi connectivity index (χ3n) is 6.80. The molecule has 1 amide bonds. The summed E-state index contributed by atoms with van der Waals surface area (Å²) >= 11 is 0. The molecule has 22 heteroatoms. The van der Waals surface area contributed by atoms with E-state index in [-0.39, 0.29) is 12.2 Å². The summed E-state index contributed by atoms with van der Waals surface area (Å²) in [5.41, 5.74) is 5.87. The highest BCUT2D eigenvalue weighted by atomic mass is 31.3. The maximum Gasteiger partial charge on any atom is 0.481 e. The standard InChI is InChI=1S/C21H28N6O14P2/c22-18(32)10-2-1-3-26(5-10)20-16(30)14(28)12(39-20)6-37-42(33,34)41-43(35,36)38-7-13-15(29)17(31)21(40-13)27-9-25-11-4-23-8-24-19(11)27/h1-5,8,12-17,20-21,25,28-31H,6-7,9H2,(H3-,22,32,33,34,35,36)/p+1/t12?,13-,14-,15-,16-,17-,20-,21-/m1/s1. The smallest absolute Gasteiger partial charge is 0.387 e. The van der Waals surface area contributed by atoms with Crippen LogP contribution < -0.4 is 20.5 Å². The van der Waals surface area contributed by atoms with E-state index in [0.29, 0.717) is 11.5 Å². The zero-order chi connectivity index (χ0) is 31.1. The van der Waals surface area contributed by atoms with Crippen LogP contribution in [0.4, 0.5) is 11.5 Å². The normalized spacial score (nSPS) is 33.0. The monoisotopic (exact) mass is 651 g/mol. The van der Waals surface area contributed by atoms with Gasteiger partial charge in [0.05, 0.1) is 31.8 Å². The van der Waals surface area contributed by atoms with Crippen LogP contribution in [0.2, 0.25) is 0 Å². The maximum atomic E-state index is 12.4. The SMILES string of the molecule is NC(=O)c1ccc[n+]([C@@H]2OC(COP(=O)(O)OP(=O)(O)OC[C@H]3O[C@@H](N4CNc5cncnc54)[C@H](O)[C@@H]3O)[C@@H](O)[C@H]2O)c1. The van der Waals surface area contributed by atoms with Gasteiger partial charge in [0.2, 0.25) is 0 Å². The number of nitrogens with one attached hydrogen (secondary N) is 1. The number of pyridine rings is 1. The van der Waals surface area contributed by atoms with Crippen LogP contribution >= 0.6 is 15.6 Å². The zero-order valence-electron chi connectivity index (χ0n) is 21.9. The summed E-state index contributed by atoms with van der Waals surface area (Å²) in [6.45, 7) is -1.58. The van der Waals surface area contributed by atoms with Crippen LogP contribution in [0.15, 0.2) is 37.1 Å². The van der Waals surface area contributed by atoms with Crippen molar-refractivity contribution in [3.63, 3.8) is 0 Å². The third kappa shape index (κ3) is 6.86. The molecule has 0 radical (unpaired) electrons. The van der Waals surface area contributed by atoms with Gasteiger partial charge in [-0.2, -0.15) is 8.88 Å². The van der Waals surface area contributed by atoms with Gasteiger partial charge in [0.1, 0.15) is 42.4 Å². The molecule has 0 spiro atoms. The molecule has 3 aliphatic heterocycles. The van der Waals surface area contributed by atoms with Crippen molar-refractivity contribution < 1.29 is 71.5 Å². The first-order chi connectivity index (χ1) is 20.3. The first-order valence-corrected chi connectivity index (χ1v) is 15.6. The van der Waals surface area contributed by atoms with Crippen LogP contribution in [0.5, 0.6) is 0 Å². The molecule has 3 aliphatic rings. The molecule has 10 atom stereocenters. The lowest BCUT2D eigenvalue weighted by Gasteiger charge is -2.26. The molecule has 3 unspecified atom stereocenters. The van der Waals surface area contributed by atoms with Crippen LogP contribution in [-0.2, 0) is 32.0 Å². The van der Waals surface area contributed by atoms with Gasteiger partial charge in [0.25, 0.3) is 12.1 Å². The molecule has 5 rings (SSSR count). The summed E-state index contributed by atoms with van der Waals surface area (Å²) in [6.07, 6.45) is -6.00. The maximum absolute atomic E-state index is 12.4. The lowest BCUT2D eigenvalue weighted by Crippen LogP contribution is -2.46. The van der Waals surface area contributed by atoms with Crippen molar-refractivity contribution in [1.82, 2.24) is 9.97 Å². The van der Waals surface area contributed by atoms with Crippen LogP contribution in [0.25, 0.3) is 0 Å². The molecule has 0 aromatic carbocycles. The minimum absolute atomic E-state index is 0.0768. The fourth-order valence-corrected chi connectivity index (χ4v) is 6.77. The molecule has 2 aromatic heterocycles. The van der Waals surface area contributed by atoms with E-state index in [0.717, 1.165) is 0 Å². The Hall–Kier alpha value is -2.68. The van der Waals surface area contributed by atoms with Crippen molar-refractivity contribution in [3.8, 4) is 0 Å². The number of rotatable bonds is 11. The predicted octanol–water partition coefficient (Wildman–Crippen LogP) is -2.93. The molecule has 2 aromatic rings. The minimum Gasteiger partial charge on any atom is -0.387 e. The summed E-state index contributed by atoms with van der Waals surface area (Å²) in [6, 6.07) is 2.85. The zero-order valence-corrected chi connectivity index (χ0v) is 23.7. The van der Waals surface area contributed by atoms with Gasteiger partial charge in [-0.05, 0) is 6.07 Å². The lowest BCUT2D eigenvalue weighted by molar-refractivity contribution is -0.765. The van der Waals surface area contributed by atoms with Gasteiger partial charge in [-0.1, -0.05) is 0 Å². The number of aliphatic hydroxyl groups is 4. The molecule has 2 fully saturated rings. The Labute approximate surface area is 242 Å². The quantitative estimate of drug-likeness (QED) is 0.0891. The number of carbonyl (C=O) groups is 1. The Morgan fingerprint density at radius 1 is 1.07 bits per heavy atom. The number of carbonyl (C=O) groups excluding carboxylic acids is 1. The number of aliphatic hydroxyl groups excluding tert-OH is 4. The Kier molecular flexibility index (Phi) is 9.13. The van der Waals surface area contributed by atoms with Gasteiger partial charge in [-0.25, -0.2) is 19.1 Å². The molecule has 43 heavy (non-hydrogen) atoms.